The third-order valence-electron chi connectivity index (χ3n) is 3.72. The average Bonchev–Trinajstić information content (AvgIpc) is 2.59. The van der Waals surface area contributed by atoms with Gasteiger partial charge in [0.1, 0.15) is 0 Å². The van der Waals surface area contributed by atoms with Crippen LogP contribution < -0.4 is 5.32 Å². The second-order valence-corrected chi connectivity index (χ2v) is 5.52. The molecule has 0 saturated heterocycles. The predicted octanol–water partition coefficient (Wildman–Crippen LogP) is 1.86. The smallest absolute Gasteiger partial charge is 0.269 e. The van der Waals surface area contributed by atoms with E-state index in [1.54, 1.807) is 29.0 Å². The highest BCUT2D eigenvalue weighted by Gasteiger charge is 2.15. The van der Waals surface area contributed by atoms with Gasteiger partial charge in [0.05, 0.1) is 18.0 Å². The Morgan fingerprint density at radius 2 is 1.96 bits per heavy atom. The molecule has 0 fully saturated rings. The van der Waals surface area contributed by atoms with Gasteiger partial charge >= 0.3 is 0 Å². The van der Waals surface area contributed by atoms with Crippen LogP contribution in [0.1, 0.15) is 26.3 Å². The predicted molar refractivity (Wildman–Crippen MR) is 98.5 cm³/mol. The molecule has 1 aromatic rings. The standard InChI is InChI=1S/C17H27N5O3/c1-5-18-17(20(4)13-16(23)21(6-2)7-3)19-12-14-9-8-10-15(11-14)22(24)25/h8-11H,5-7,12-13H2,1-4H3,(H,18,19). The number of hydrogen-bond donors (Lipinski definition) is 1. The average molecular weight is 349 g/mol. The molecule has 1 amide bonds. The summed E-state index contributed by atoms with van der Waals surface area (Å²) in [6, 6.07) is 6.39. The number of nitro groups is 1. The minimum atomic E-state index is -0.423. The van der Waals surface area contributed by atoms with Gasteiger partial charge < -0.3 is 15.1 Å². The molecule has 0 atom stereocenters. The maximum atomic E-state index is 12.2. The highest BCUT2D eigenvalue weighted by Crippen LogP contribution is 2.13. The number of amides is 1. The van der Waals surface area contributed by atoms with Gasteiger partial charge in [-0.05, 0) is 26.3 Å². The molecule has 0 saturated carbocycles. The van der Waals surface area contributed by atoms with Crippen molar-refractivity contribution in [3.05, 3.63) is 39.9 Å². The monoisotopic (exact) mass is 349 g/mol. The molecule has 25 heavy (non-hydrogen) atoms. The highest BCUT2D eigenvalue weighted by atomic mass is 16.6. The number of nitrogens with one attached hydrogen (secondary N) is 1. The minimum absolute atomic E-state index is 0.0356. The van der Waals surface area contributed by atoms with Crippen molar-refractivity contribution in [2.75, 3.05) is 33.2 Å². The Balaban J connectivity index is 2.83. The first kappa shape index (κ1) is 20.4. The quantitative estimate of drug-likeness (QED) is 0.335. The van der Waals surface area contributed by atoms with E-state index in [9.17, 15) is 14.9 Å². The molecule has 1 N–H and O–H groups in total. The van der Waals surface area contributed by atoms with Gasteiger partial charge in [-0.15, -0.1) is 0 Å². The van der Waals surface area contributed by atoms with E-state index >= 15 is 0 Å². The van der Waals surface area contributed by atoms with Gasteiger partial charge in [-0.1, -0.05) is 12.1 Å². The molecule has 0 aliphatic rings. The summed E-state index contributed by atoms with van der Waals surface area (Å²) < 4.78 is 0. The minimum Gasteiger partial charge on any atom is -0.357 e. The Labute approximate surface area is 148 Å². The molecule has 1 aromatic carbocycles. The maximum Gasteiger partial charge on any atom is 0.269 e. The third kappa shape index (κ3) is 6.40. The summed E-state index contributed by atoms with van der Waals surface area (Å²) >= 11 is 0. The number of nitrogens with zero attached hydrogens (tertiary/aromatic N) is 4. The molecular formula is C17H27N5O3. The number of hydrogen-bond acceptors (Lipinski definition) is 4. The van der Waals surface area contributed by atoms with E-state index in [4.69, 9.17) is 0 Å². The highest BCUT2D eigenvalue weighted by molar-refractivity contribution is 5.86. The second kappa shape index (κ2) is 10.3. The summed E-state index contributed by atoms with van der Waals surface area (Å²) in [4.78, 5) is 30.7. The van der Waals surface area contributed by atoms with E-state index in [-0.39, 0.29) is 18.1 Å². The van der Waals surface area contributed by atoms with E-state index in [1.807, 2.05) is 20.8 Å². The molecule has 0 aliphatic heterocycles. The van der Waals surface area contributed by atoms with Crippen LogP contribution in [-0.2, 0) is 11.3 Å². The van der Waals surface area contributed by atoms with Crippen LogP contribution >= 0.6 is 0 Å². The molecule has 1 rings (SSSR count). The lowest BCUT2D eigenvalue weighted by atomic mass is 10.2. The van der Waals surface area contributed by atoms with Gasteiger partial charge in [0, 0.05) is 38.8 Å². The molecule has 0 radical (unpaired) electrons. The Hall–Kier alpha value is -2.64. The lowest BCUT2D eigenvalue weighted by Gasteiger charge is -2.25. The lowest BCUT2D eigenvalue weighted by Crippen LogP contribution is -2.45. The fourth-order valence-corrected chi connectivity index (χ4v) is 2.36. The zero-order chi connectivity index (χ0) is 18.8. The van der Waals surface area contributed by atoms with Gasteiger partial charge in [-0.25, -0.2) is 4.99 Å². The largest absolute Gasteiger partial charge is 0.357 e. The van der Waals surface area contributed by atoms with Gasteiger partial charge in [0.15, 0.2) is 5.96 Å². The van der Waals surface area contributed by atoms with Crippen LogP contribution in [0.15, 0.2) is 29.3 Å². The summed E-state index contributed by atoms with van der Waals surface area (Å²) in [6.07, 6.45) is 0. The van der Waals surface area contributed by atoms with Gasteiger partial charge in [0.2, 0.25) is 5.91 Å². The SMILES string of the molecule is CCNC(=NCc1cccc([N+](=O)[O-])c1)N(C)CC(=O)N(CC)CC. The van der Waals surface area contributed by atoms with Crippen LogP contribution in [0.5, 0.6) is 0 Å². The molecule has 0 aromatic heterocycles. The molecule has 0 bridgehead atoms. The topological polar surface area (TPSA) is 91.1 Å². The van der Waals surface area contributed by atoms with Gasteiger partial charge in [-0.3, -0.25) is 14.9 Å². The molecule has 8 nitrogen and oxygen atoms in total. The van der Waals surface area contributed by atoms with Crippen LogP contribution in [0.4, 0.5) is 5.69 Å². The fraction of sp³-hybridized carbons (Fsp3) is 0.529. The van der Waals surface area contributed by atoms with E-state index in [0.717, 1.165) is 5.56 Å². The number of carbonyl (C=O) groups is 1. The van der Waals surface area contributed by atoms with Crippen molar-refractivity contribution in [2.24, 2.45) is 4.99 Å². The van der Waals surface area contributed by atoms with Crippen molar-refractivity contribution < 1.29 is 9.72 Å². The number of aliphatic imine (C=N–C) groups is 1. The number of guanidine groups is 1. The summed E-state index contributed by atoms with van der Waals surface area (Å²) in [5.74, 6) is 0.628. The van der Waals surface area contributed by atoms with Crippen molar-refractivity contribution in [3.63, 3.8) is 0 Å². The van der Waals surface area contributed by atoms with Gasteiger partial charge in [-0.2, -0.15) is 0 Å². The molecule has 0 spiro atoms. The lowest BCUT2D eigenvalue weighted by molar-refractivity contribution is -0.384. The summed E-state index contributed by atoms with van der Waals surface area (Å²) in [5, 5.41) is 14.0. The molecule has 8 heteroatoms. The number of nitro benzene ring substituents is 1. The first-order valence-electron chi connectivity index (χ1n) is 8.43. The van der Waals surface area contributed by atoms with E-state index < -0.39 is 4.92 Å². The van der Waals surface area contributed by atoms with Crippen LogP contribution in [0.25, 0.3) is 0 Å². The Kier molecular flexibility index (Phi) is 8.38. The first-order valence-corrected chi connectivity index (χ1v) is 8.43. The molecule has 0 aliphatic carbocycles. The van der Waals surface area contributed by atoms with Crippen LogP contribution in [0.2, 0.25) is 0 Å². The van der Waals surface area contributed by atoms with E-state index in [2.05, 4.69) is 10.3 Å². The summed E-state index contributed by atoms with van der Waals surface area (Å²) in [6.45, 7) is 8.37. The summed E-state index contributed by atoms with van der Waals surface area (Å²) in [7, 11) is 1.80. The molecule has 0 unspecified atom stereocenters. The van der Waals surface area contributed by atoms with Gasteiger partial charge in [0.25, 0.3) is 5.69 Å². The number of rotatable bonds is 8. The second-order valence-electron chi connectivity index (χ2n) is 5.52. The number of benzene rings is 1. The molecule has 0 heterocycles. The van der Waals surface area contributed by atoms with Crippen LogP contribution in [0.3, 0.4) is 0 Å². The Morgan fingerprint density at radius 3 is 2.52 bits per heavy atom. The van der Waals surface area contributed by atoms with Crippen molar-refractivity contribution in [2.45, 2.75) is 27.3 Å². The van der Waals surface area contributed by atoms with Crippen LogP contribution in [0, 0.1) is 10.1 Å². The zero-order valence-corrected chi connectivity index (χ0v) is 15.4. The van der Waals surface area contributed by atoms with Crippen molar-refractivity contribution in [1.82, 2.24) is 15.1 Å². The Morgan fingerprint density at radius 1 is 1.28 bits per heavy atom. The zero-order valence-electron chi connectivity index (χ0n) is 15.4. The first-order chi connectivity index (χ1) is 11.9. The fourth-order valence-electron chi connectivity index (χ4n) is 2.36. The van der Waals surface area contributed by atoms with Crippen molar-refractivity contribution in [1.29, 1.82) is 0 Å². The van der Waals surface area contributed by atoms with Crippen molar-refractivity contribution >= 4 is 17.6 Å². The number of likely N-dealkylation sites (N-methyl/N-ethyl adjacent to an activating group) is 2. The number of carbonyl (C=O) groups excluding carboxylic acids is 1. The van der Waals surface area contributed by atoms with E-state index in [1.165, 1.54) is 12.1 Å². The Bertz CT molecular complexity index is 614. The molecular weight excluding hydrogens is 322 g/mol. The number of non-ortho nitro benzene ring substituents is 1. The van der Waals surface area contributed by atoms with Crippen molar-refractivity contribution in [3.8, 4) is 0 Å². The summed E-state index contributed by atoms with van der Waals surface area (Å²) in [5.41, 5.74) is 0.788. The maximum absolute atomic E-state index is 12.2. The third-order valence-corrected chi connectivity index (χ3v) is 3.72. The molecule has 138 valence electrons. The normalized spacial score (nSPS) is 11.1. The van der Waals surface area contributed by atoms with E-state index in [0.29, 0.717) is 32.1 Å². The van der Waals surface area contributed by atoms with Crippen LogP contribution in [-0.4, -0.2) is 59.8 Å².